The van der Waals surface area contributed by atoms with Gasteiger partial charge in [0, 0.05) is 74.7 Å². The molecule has 0 radical (unpaired) electrons. The number of Topliss-reactive ketones (excluding diaryl/α,β-unsaturated/α-hetero) is 2. The Hall–Kier alpha value is -5.15. The summed E-state index contributed by atoms with van der Waals surface area (Å²) in [6.45, 7) is 16.1. The lowest BCUT2D eigenvalue weighted by molar-refractivity contribution is -0.129. The van der Waals surface area contributed by atoms with Crippen LogP contribution in [0.25, 0.3) is 0 Å². The van der Waals surface area contributed by atoms with E-state index >= 15 is 0 Å². The lowest BCUT2D eigenvalue weighted by Crippen LogP contribution is -2.50. The first kappa shape index (κ1) is 53.5. The van der Waals surface area contributed by atoms with Crippen LogP contribution in [-0.4, -0.2) is 90.7 Å². The molecule has 0 bridgehead atoms. The molecule has 0 unspecified atom stereocenters. The van der Waals surface area contributed by atoms with Crippen LogP contribution in [0.3, 0.4) is 0 Å². The van der Waals surface area contributed by atoms with E-state index in [1.54, 1.807) is 37.2 Å². The minimum absolute atomic E-state index is 0.0350. The van der Waals surface area contributed by atoms with Crippen LogP contribution >= 0.6 is 0 Å². The summed E-state index contributed by atoms with van der Waals surface area (Å²) in [5, 5.41) is 25.2. The van der Waals surface area contributed by atoms with E-state index in [-0.39, 0.29) is 54.5 Å². The van der Waals surface area contributed by atoms with Gasteiger partial charge in [-0.05, 0) is 89.2 Å². The van der Waals surface area contributed by atoms with Crippen molar-refractivity contribution in [1.82, 2.24) is 30.6 Å². The van der Waals surface area contributed by atoms with Crippen molar-refractivity contribution in [3.8, 4) is 0 Å². The molecule has 0 spiro atoms. The molecule has 1 aliphatic rings. The molecule has 3 heterocycles. The number of aromatic nitrogens is 4. The van der Waals surface area contributed by atoms with E-state index < -0.39 is 43.2 Å². The molecule has 1 aliphatic heterocycles. The number of ketones is 2. The highest BCUT2D eigenvalue weighted by Gasteiger charge is 2.54. The smallest absolute Gasteiger partial charge is 0.426 e. The Kier molecular flexibility index (Phi) is 21.3. The molecule has 2 aromatic carbocycles. The number of rotatable bonds is 24. The quantitative estimate of drug-likeness (QED) is 0.0585. The number of carbonyl (C=O) groups is 4. The second-order valence-electron chi connectivity index (χ2n) is 19.2. The molecule has 2 aromatic heterocycles. The predicted molar refractivity (Wildman–Crippen MR) is 256 cm³/mol. The zero-order valence-electron chi connectivity index (χ0n) is 40.1. The van der Waals surface area contributed by atoms with Gasteiger partial charge < -0.3 is 30.0 Å². The first-order valence-corrected chi connectivity index (χ1v) is 23.2. The number of benzene rings is 2. The van der Waals surface area contributed by atoms with Crippen LogP contribution in [0.5, 0.6) is 0 Å². The van der Waals surface area contributed by atoms with Gasteiger partial charge in [-0.3, -0.25) is 39.1 Å². The summed E-state index contributed by atoms with van der Waals surface area (Å²) in [4.78, 5) is 68.6. The van der Waals surface area contributed by atoms with Crippen molar-refractivity contribution in [1.29, 1.82) is 0 Å². The summed E-state index contributed by atoms with van der Waals surface area (Å²) in [6, 6.07) is 19.3. The van der Waals surface area contributed by atoms with Crippen molar-refractivity contribution >= 4 is 37.6 Å². The molecule has 354 valence electrons. The van der Waals surface area contributed by atoms with Crippen LogP contribution in [0.1, 0.15) is 116 Å². The van der Waals surface area contributed by atoms with E-state index in [2.05, 4.69) is 44.4 Å². The van der Waals surface area contributed by atoms with Gasteiger partial charge in [0.05, 0.1) is 34.5 Å². The van der Waals surface area contributed by atoms with Crippen LogP contribution in [0.2, 0.25) is 0 Å². The number of nitrogens with one attached hydrogen (secondary N) is 2. The Labute approximate surface area is 392 Å². The molecule has 16 heteroatoms. The van der Waals surface area contributed by atoms with Crippen molar-refractivity contribution < 1.29 is 38.5 Å². The molecule has 4 aromatic rings. The van der Waals surface area contributed by atoms with E-state index in [4.69, 9.17) is 9.31 Å². The average Bonchev–Trinajstić information content (AvgIpc) is 3.50. The maximum absolute atomic E-state index is 13.6. The summed E-state index contributed by atoms with van der Waals surface area (Å²) >= 11 is 0. The standard InChI is InChI=1S/C28H40BN3O4.C22H30BN3O4/c1-20(2)16-25(29-35-27(3,4)28(5,6)36-29)32-26(34)22(17-21-10-8-7-9-11-21)18-24(33)13-12-23-19-30-14-15-31-23;1-16(2)12-21(23(29)30)26-22(28)18(13-17-6-4-3-5-7-17)14-20(27)9-8-19-15-24-10-11-25-19/h7-11,14-15,19-20,22,25H,12-13,16-18H2,1-6H3,(H,32,34);3-7,10-11,15-16,18,21,29-30H,8-9,12-14H2,1-2H3,(H,26,28)/t22-,25+;18-,21+/m11/s1. The van der Waals surface area contributed by atoms with Crippen LogP contribution < -0.4 is 10.6 Å². The topological polar surface area (TPSA) is 203 Å². The Morgan fingerprint density at radius 2 is 1.06 bits per heavy atom. The van der Waals surface area contributed by atoms with Crippen molar-refractivity contribution in [3.63, 3.8) is 0 Å². The van der Waals surface area contributed by atoms with Gasteiger partial charge in [-0.15, -0.1) is 0 Å². The Morgan fingerprint density at radius 3 is 1.44 bits per heavy atom. The third-order valence-corrected chi connectivity index (χ3v) is 12.0. The largest absolute Gasteiger partial charge is 0.481 e. The van der Waals surface area contributed by atoms with Gasteiger partial charge >= 0.3 is 14.2 Å². The zero-order chi connectivity index (χ0) is 48.3. The number of carbonyl (C=O) groups excluding carboxylic acids is 4. The van der Waals surface area contributed by atoms with Gasteiger partial charge in [0.15, 0.2) is 0 Å². The highest BCUT2D eigenvalue weighted by molar-refractivity contribution is 6.48. The molecule has 14 nitrogen and oxygen atoms in total. The van der Waals surface area contributed by atoms with Gasteiger partial charge in [0.1, 0.15) is 11.6 Å². The van der Waals surface area contributed by atoms with Crippen molar-refractivity contribution in [2.75, 3.05) is 0 Å². The molecule has 0 saturated carbocycles. The molecule has 1 saturated heterocycles. The monoisotopic (exact) mass is 905 g/mol. The zero-order valence-corrected chi connectivity index (χ0v) is 40.1. The second kappa shape index (κ2) is 26.3. The summed E-state index contributed by atoms with van der Waals surface area (Å²) in [5.74, 6) is -2.15. The highest BCUT2D eigenvalue weighted by Crippen LogP contribution is 2.38. The summed E-state index contributed by atoms with van der Waals surface area (Å²) in [5.41, 5.74) is 2.50. The van der Waals surface area contributed by atoms with Crippen molar-refractivity contribution in [3.05, 3.63) is 120 Å². The maximum atomic E-state index is 13.6. The molecule has 5 rings (SSSR count). The first-order valence-electron chi connectivity index (χ1n) is 23.2. The van der Waals surface area contributed by atoms with Gasteiger partial charge in [-0.2, -0.15) is 0 Å². The Bertz CT molecular complexity index is 2070. The van der Waals surface area contributed by atoms with E-state index in [0.717, 1.165) is 22.5 Å². The molecular weight excluding hydrogens is 834 g/mol. The molecule has 2 amide bonds. The van der Waals surface area contributed by atoms with Crippen molar-refractivity contribution in [2.45, 2.75) is 143 Å². The molecule has 1 fully saturated rings. The minimum Gasteiger partial charge on any atom is -0.426 e. The van der Waals surface area contributed by atoms with Gasteiger partial charge in [0.2, 0.25) is 11.8 Å². The predicted octanol–water partition coefficient (Wildman–Crippen LogP) is 6.16. The van der Waals surface area contributed by atoms with E-state index in [0.29, 0.717) is 50.9 Å². The first-order chi connectivity index (χ1) is 31.3. The van der Waals surface area contributed by atoms with Crippen LogP contribution in [0, 0.1) is 23.7 Å². The minimum atomic E-state index is -1.65. The average molecular weight is 905 g/mol. The van der Waals surface area contributed by atoms with E-state index in [1.165, 1.54) is 0 Å². The third kappa shape index (κ3) is 18.3. The highest BCUT2D eigenvalue weighted by atomic mass is 16.7. The molecule has 4 atom stereocenters. The summed E-state index contributed by atoms with van der Waals surface area (Å²) < 4.78 is 12.6. The number of aryl methyl sites for hydroxylation is 2. The Morgan fingerprint density at radius 1 is 0.636 bits per heavy atom. The lowest BCUT2D eigenvalue weighted by atomic mass is 9.73. The SMILES string of the molecule is CC(C)C[C@H](NC(=O)[C@@H](CC(=O)CCc1cnccn1)Cc1ccccc1)B(O)O.CC(C)C[C@H](NC(=O)[C@@H](CC(=O)CCc1cnccn1)Cc1ccccc1)B1OC(C)(C)C(C)(C)O1. The maximum Gasteiger partial charge on any atom is 0.481 e. The molecular formula is C50H70B2N6O8. The fourth-order valence-electron chi connectivity index (χ4n) is 7.68. The van der Waals surface area contributed by atoms with E-state index in [9.17, 15) is 29.2 Å². The van der Waals surface area contributed by atoms with Crippen LogP contribution in [0.4, 0.5) is 0 Å². The van der Waals surface area contributed by atoms with Crippen LogP contribution in [-0.2, 0) is 54.2 Å². The van der Waals surface area contributed by atoms with Gasteiger partial charge in [-0.25, -0.2) is 0 Å². The molecule has 4 N–H and O–H groups in total. The molecule has 0 aliphatic carbocycles. The fourth-order valence-corrected chi connectivity index (χ4v) is 7.68. The van der Waals surface area contributed by atoms with Crippen molar-refractivity contribution in [2.24, 2.45) is 23.7 Å². The number of hydrogen-bond donors (Lipinski definition) is 4. The van der Waals surface area contributed by atoms with E-state index in [1.807, 2.05) is 102 Å². The normalized spacial score (nSPS) is 15.8. The van der Waals surface area contributed by atoms with Crippen LogP contribution in [0.15, 0.2) is 97.8 Å². The number of hydrogen-bond acceptors (Lipinski definition) is 12. The summed E-state index contributed by atoms with van der Waals surface area (Å²) in [6.07, 6.45) is 13.5. The van der Waals surface area contributed by atoms with Gasteiger partial charge in [-0.1, -0.05) is 88.4 Å². The summed E-state index contributed by atoms with van der Waals surface area (Å²) in [7, 11) is -2.20. The fraction of sp³-hybridized carbons (Fsp3) is 0.520. The van der Waals surface area contributed by atoms with Gasteiger partial charge in [0.25, 0.3) is 0 Å². The Balaban J connectivity index is 0.000000294. The number of amides is 2. The number of nitrogens with zero attached hydrogens (tertiary/aromatic N) is 4. The second-order valence-corrected chi connectivity index (χ2v) is 19.2. The lowest BCUT2D eigenvalue weighted by Gasteiger charge is -2.32. The molecule has 66 heavy (non-hydrogen) atoms. The third-order valence-electron chi connectivity index (χ3n) is 12.0.